The number of amides is 1. The van der Waals surface area contributed by atoms with Crippen molar-refractivity contribution in [1.29, 1.82) is 0 Å². The summed E-state index contributed by atoms with van der Waals surface area (Å²) in [5.74, 6) is 0.730. The summed E-state index contributed by atoms with van der Waals surface area (Å²) in [5.41, 5.74) is 2.38. The summed E-state index contributed by atoms with van der Waals surface area (Å²) in [6.07, 6.45) is 0. The molecule has 0 spiro atoms. The number of hydrogen-bond donors (Lipinski definition) is 2. The fourth-order valence-electron chi connectivity index (χ4n) is 2.65. The van der Waals surface area contributed by atoms with Gasteiger partial charge in [-0.25, -0.2) is 0 Å². The minimum Gasteiger partial charge on any atom is -0.339 e. The number of carbonyl (C=O) groups is 1. The molecule has 1 amide bonds. The summed E-state index contributed by atoms with van der Waals surface area (Å²) in [4.78, 5) is 14.6. The predicted octanol–water partition coefficient (Wildman–Crippen LogP) is 2.38. The van der Waals surface area contributed by atoms with Gasteiger partial charge in [0.05, 0.1) is 5.69 Å². The molecule has 6 nitrogen and oxygen atoms in total. The lowest BCUT2D eigenvalue weighted by atomic mass is 10.1. The molecule has 1 aromatic carbocycles. The molecule has 0 unspecified atom stereocenters. The topological polar surface area (TPSA) is 70.2 Å². The van der Waals surface area contributed by atoms with Crippen LogP contribution in [0.2, 0.25) is 0 Å². The van der Waals surface area contributed by atoms with E-state index in [4.69, 9.17) is 0 Å². The fourth-order valence-corrected chi connectivity index (χ4v) is 2.65. The number of carbonyl (C=O) groups excluding carboxylic acids is 1. The molecule has 1 atom stereocenters. The van der Waals surface area contributed by atoms with Crippen LogP contribution in [0.5, 0.6) is 0 Å². The summed E-state index contributed by atoms with van der Waals surface area (Å²) < 4.78 is 0. The number of aryl methyl sites for hydroxylation is 1. The average molecular weight is 348 g/mol. The van der Waals surface area contributed by atoms with Crippen LogP contribution in [0.25, 0.3) is 0 Å². The van der Waals surface area contributed by atoms with Crippen LogP contribution >= 0.6 is 12.4 Å². The second-order valence-corrected chi connectivity index (χ2v) is 5.82. The molecule has 2 N–H and O–H groups in total. The molecule has 3 rings (SSSR count). The van der Waals surface area contributed by atoms with Gasteiger partial charge < -0.3 is 15.5 Å². The van der Waals surface area contributed by atoms with Gasteiger partial charge in [-0.1, -0.05) is 6.07 Å². The van der Waals surface area contributed by atoms with Gasteiger partial charge in [0.25, 0.3) is 5.91 Å². The molecule has 0 bridgehead atoms. The third-order valence-electron chi connectivity index (χ3n) is 3.94. The second kappa shape index (κ2) is 8.08. The third kappa shape index (κ3) is 4.21. The smallest absolute Gasteiger partial charge is 0.254 e. The summed E-state index contributed by atoms with van der Waals surface area (Å²) in [7, 11) is 0. The zero-order valence-corrected chi connectivity index (χ0v) is 14.6. The quantitative estimate of drug-likeness (QED) is 0.892. The van der Waals surface area contributed by atoms with E-state index in [-0.39, 0.29) is 24.4 Å². The Labute approximate surface area is 148 Å². The minimum atomic E-state index is 0. The zero-order valence-electron chi connectivity index (χ0n) is 13.8. The average Bonchev–Trinajstić information content (AvgIpc) is 2.57. The number of nitrogens with zero attached hydrogens (tertiary/aromatic N) is 3. The summed E-state index contributed by atoms with van der Waals surface area (Å²) in [6, 6.07) is 11.5. The van der Waals surface area contributed by atoms with Crippen molar-refractivity contribution in [1.82, 2.24) is 20.4 Å². The largest absolute Gasteiger partial charge is 0.339 e. The molecule has 1 aromatic heterocycles. The van der Waals surface area contributed by atoms with Crippen LogP contribution in [0.1, 0.15) is 23.0 Å². The Balaban J connectivity index is 0.00000208. The Morgan fingerprint density at radius 1 is 1.29 bits per heavy atom. The van der Waals surface area contributed by atoms with Gasteiger partial charge in [-0.2, -0.15) is 5.10 Å². The highest BCUT2D eigenvalue weighted by Gasteiger charge is 2.24. The first kappa shape index (κ1) is 18.2. The van der Waals surface area contributed by atoms with Crippen molar-refractivity contribution >= 4 is 29.8 Å². The van der Waals surface area contributed by atoms with E-state index < -0.39 is 0 Å². The van der Waals surface area contributed by atoms with E-state index in [0.29, 0.717) is 11.4 Å². The molecule has 0 radical (unpaired) electrons. The van der Waals surface area contributed by atoms with Crippen molar-refractivity contribution in [2.75, 3.05) is 25.0 Å². The van der Waals surface area contributed by atoms with E-state index >= 15 is 0 Å². The van der Waals surface area contributed by atoms with Crippen LogP contribution in [0, 0.1) is 6.92 Å². The number of benzene rings is 1. The van der Waals surface area contributed by atoms with E-state index in [9.17, 15) is 4.79 Å². The Kier molecular flexibility index (Phi) is 6.11. The monoisotopic (exact) mass is 347 g/mol. The molecular formula is C17H22ClN5O. The molecule has 2 aromatic rings. The van der Waals surface area contributed by atoms with E-state index in [2.05, 4.69) is 27.8 Å². The number of nitrogens with one attached hydrogen (secondary N) is 2. The molecular weight excluding hydrogens is 326 g/mol. The fraction of sp³-hybridized carbons (Fsp3) is 0.353. The standard InChI is InChI=1S/C17H21N5O.ClH/c1-12-6-7-16(21-20-12)19-15-5-3-4-14(10-15)17(23)22-9-8-18-11-13(22)2;/h3-7,10,13,18H,8-9,11H2,1-2H3,(H,19,21);1H/t13-;/m0./s1. The van der Waals surface area contributed by atoms with Gasteiger partial charge >= 0.3 is 0 Å². The molecule has 2 heterocycles. The van der Waals surface area contributed by atoms with Gasteiger partial charge in [-0.05, 0) is 44.2 Å². The van der Waals surface area contributed by atoms with Crippen LogP contribution in [0.4, 0.5) is 11.5 Å². The second-order valence-electron chi connectivity index (χ2n) is 5.82. The highest BCUT2D eigenvalue weighted by Crippen LogP contribution is 2.18. The van der Waals surface area contributed by atoms with E-state index in [0.717, 1.165) is 31.0 Å². The third-order valence-corrected chi connectivity index (χ3v) is 3.94. The van der Waals surface area contributed by atoms with Crippen LogP contribution in [0.3, 0.4) is 0 Å². The number of rotatable bonds is 3. The first-order valence-electron chi connectivity index (χ1n) is 7.82. The lowest BCUT2D eigenvalue weighted by Crippen LogP contribution is -2.52. The van der Waals surface area contributed by atoms with Crippen LogP contribution in [-0.4, -0.2) is 46.7 Å². The lowest BCUT2D eigenvalue weighted by molar-refractivity contribution is 0.0656. The van der Waals surface area contributed by atoms with Crippen molar-refractivity contribution in [3.8, 4) is 0 Å². The van der Waals surface area contributed by atoms with E-state index in [1.807, 2.05) is 48.2 Å². The van der Waals surface area contributed by atoms with Gasteiger partial charge in [0, 0.05) is 36.9 Å². The van der Waals surface area contributed by atoms with Crippen molar-refractivity contribution in [2.24, 2.45) is 0 Å². The van der Waals surface area contributed by atoms with Crippen molar-refractivity contribution in [2.45, 2.75) is 19.9 Å². The maximum absolute atomic E-state index is 12.7. The normalized spacial score (nSPS) is 17.1. The Morgan fingerprint density at radius 3 is 2.83 bits per heavy atom. The van der Waals surface area contributed by atoms with Crippen LogP contribution in [-0.2, 0) is 0 Å². The van der Waals surface area contributed by atoms with Crippen molar-refractivity contribution in [3.05, 3.63) is 47.7 Å². The Hall–Kier alpha value is -2.18. The molecule has 1 aliphatic heterocycles. The molecule has 7 heteroatoms. The number of anilines is 2. The van der Waals surface area contributed by atoms with Gasteiger partial charge in [0.15, 0.2) is 5.82 Å². The van der Waals surface area contributed by atoms with Gasteiger partial charge in [-0.3, -0.25) is 4.79 Å². The first-order valence-corrected chi connectivity index (χ1v) is 7.82. The molecule has 1 aliphatic rings. The lowest BCUT2D eigenvalue weighted by Gasteiger charge is -2.34. The molecule has 24 heavy (non-hydrogen) atoms. The number of piperazine rings is 1. The van der Waals surface area contributed by atoms with Gasteiger partial charge in [0.2, 0.25) is 0 Å². The zero-order chi connectivity index (χ0) is 16.2. The summed E-state index contributed by atoms with van der Waals surface area (Å²) >= 11 is 0. The Morgan fingerprint density at radius 2 is 2.12 bits per heavy atom. The van der Waals surface area contributed by atoms with Crippen LogP contribution < -0.4 is 10.6 Å². The summed E-state index contributed by atoms with van der Waals surface area (Å²) in [5, 5.41) is 14.6. The van der Waals surface area contributed by atoms with Gasteiger partial charge in [0.1, 0.15) is 0 Å². The highest BCUT2D eigenvalue weighted by molar-refractivity contribution is 5.95. The van der Waals surface area contributed by atoms with E-state index in [1.54, 1.807) is 0 Å². The number of halogens is 1. The van der Waals surface area contributed by atoms with Crippen LogP contribution in [0.15, 0.2) is 36.4 Å². The van der Waals surface area contributed by atoms with Crippen molar-refractivity contribution in [3.63, 3.8) is 0 Å². The Bertz CT molecular complexity index is 692. The number of hydrogen-bond acceptors (Lipinski definition) is 5. The van der Waals surface area contributed by atoms with Gasteiger partial charge in [-0.15, -0.1) is 17.5 Å². The maximum Gasteiger partial charge on any atom is 0.254 e. The SMILES string of the molecule is Cc1ccc(Nc2cccc(C(=O)N3CCNC[C@@H]3C)c2)nn1.Cl. The molecule has 1 saturated heterocycles. The number of aromatic nitrogens is 2. The minimum absolute atomic E-state index is 0. The summed E-state index contributed by atoms with van der Waals surface area (Å²) in [6.45, 7) is 6.37. The van der Waals surface area contributed by atoms with Crippen molar-refractivity contribution < 1.29 is 4.79 Å². The highest BCUT2D eigenvalue weighted by atomic mass is 35.5. The molecule has 0 aliphatic carbocycles. The maximum atomic E-state index is 12.7. The molecule has 0 saturated carbocycles. The first-order chi connectivity index (χ1) is 11.1. The predicted molar refractivity (Wildman–Crippen MR) is 97.1 cm³/mol. The molecule has 1 fully saturated rings. The molecule has 128 valence electrons. The van der Waals surface area contributed by atoms with E-state index in [1.165, 1.54) is 0 Å².